The predicted molar refractivity (Wildman–Crippen MR) is 45.0 cm³/mol. The molecular weight excluding hydrogens is 207 g/mol. The number of rotatable bonds is 0. The van der Waals surface area contributed by atoms with Gasteiger partial charge in [-0.25, -0.2) is 0 Å². The summed E-state index contributed by atoms with van der Waals surface area (Å²) in [5.74, 6) is 0. The lowest BCUT2D eigenvalue weighted by Gasteiger charge is -2.36. The van der Waals surface area contributed by atoms with Crippen molar-refractivity contribution in [2.75, 3.05) is 13.6 Å². The summed E-state index contributed by atoms with van der Waals surface area (Å²) < 4.78 is 36.6. The van der Waals surface area contributed by atoms with Crippen LogP contribution in [-0.2, 0) is 0 Å². The summed E-state index contributed by atoms with van der Waals surface area (Å²) in [5, 5.41) is 9.03. The summed E-state index contributed by atoms with van der Waals surface area (Å²) in [6.07, 6.45) is -4.77. The van der Waals surface area contributed by atoms with Gasteiger partial charge in [-0.2, -0.15) is 13.2 Å². The fraction of sp³-hybridized carbons (Fsp3) is 1.00. The van der Waals surface area contributed by atoms with Gasteiger partial charge in [0.25, 0.3) is 0 Å². The van der Waals surface area contributed by atoms with Gasteiger partial charge in [0.1, 0.15) is 6.04 Å². The minimum absolute atomic E-state index is 0. The molecule has 1 aliphatic heterocycles. The monoisotopic (exact) mass is 219 g/mol. The minimum Gasteiger partial charge on any atom is -0.393 e. The summed E-state index contributed by atoms with van der Waals surface area (Å²) in [6.45, 7) is 0.311. The first-order valence-electron chi connectivity index (χ1n) is 3.86. The van der Waals surface area contributed by atoms with Crippen LogP contribution in [0.3, 0.4) is 0 Å². The molecule has 80 valence electrons. The number of nitrogens with zero attached hydrogens (tertiary/aromatic N) is 1. The molecule has 6 heteroatoms. The average Bonchev–Trinajstić information content (AvgIpc) is 1.92. The molecule has 1 saturated heterocycles. The molecule has 0 aromatic heterocycles. The molecule has 1 heterocycles. The van der Waals surface area contributed by atoms with Crippen molar-refractivity contribution in [3.8, 4) is 0 Å². The van der Waals surface area contributed by atoms with Crippen molar-refractivity contribution in [3.05, 3.63) is 0 Å². The fourth-order valence-electron chi connectivity index (χ4n) is 1.45. The lowest BCUT2D eigenvalue weighted by Crippen LogP contribution is -2.50. The highest BCUT2D eigenvalue weighted by molar-refractivity contribution is 5.85. The largest absolute Gasteiger partial charge is 0.404 e. The number of aliphatic hydroxyl groups is 1. The van der Waals surface area contributed by atoms with Crippen molar-refractivity contribution >= 4 is 12.4 Å². The molecule has 1 rings (SSSR count). The molecule has 0 unspecified atom stereocenters. The number of aliphatic hydroxyl groups excluding tert-OH is 1. The second-order valence-electron chi connectivity index (χ2n) is 3.22. The first-order chi connectivity index (χ1) is 5.41. The van der Waals surface area contributed by atoms with E-state index in [9.17, 15) is 13.2 Å². The van der Waals surface area contributed by atoms with E-state index in [0.717, 1.165) is 0 Å². The Morgan fingerprint density at radius 3 is 2.31 bits per heavy atom. The fourth-order valence-corrected chi connectivity index (χ4v) is 1.45. The van der Waals surface area contributed by atoms with E-state index < -0.39 is 18.3 Å². The van der Waals surface area contributed by atoms with Gasteiger partial charge in [-0.15, -0.1) is 12.4 Å². The van der Waals surface area contributed by atoms with E-state index in [-0.39, 0.29) is 18.8 Å². The molecule has 1 fully saturated rings. The zero-order valence-corrected chi connectivity index (χ0v) is 8.03. The van der Waals surface area contributed by atoms with Crippen LogP contribution in [0, 0.1) is 0 Å². The molecule has 0 amide bonds. The highest BCUT2D eigenvalue weighted by Gasteiger charge is 2.44. The smallest absolute Gasteiger partial charge is 0.393 e. The second-order valence-corrected chi connectivity index (χ2v) is 3.22. The molecule has 1 aliphatic rings. The Labute approximate surface area is 81.1 Å². The number of likely N-dealkylation sites (tertiary alicyclic amines) is 1. The Balaban J connectivity index is 0.00000144. The lowest BCUT2D eigenvalue weighted by molar-refractivity contribution is -0.195. The molecule has 0 saturated carbocycles. The normalized spacial score (nSPS) is 31.2. The topological polar surface area (TPSA) is 23.5 Å². The number of halogens is 4. The molecular formula is C7H13ClF3NO. The quantitative estimate of drug-likeness (QED) is 0.666. The van der Waals surface area contributed by atoms with Gasteiger partial charge >= 0.3 is 6.18 Å². The summed E-state index contributed by atoms with van der Waals surface area (Å²) in [5.41, 5.74) is 0. The Morgan fingerprint density at radius 2 is 1.92 bits per heavy atom. The van der Waals surface area contributed by atoms with E-state index in [4.69, 9.17) is 5.11 Å². The third-order valence-corrected chi connectivity index (χ3v) is 2.22. The third-order valence-electron chi connectivity index (χ3n) is 2.22. The minimum atomic E-state index is -4.21. The third kappa shape index (κ3) is 3.32. The van der Waals surface area contributed by atoms with Crippen LogP contribution in [0.1, 0.15) is 12.8 Å². The Kier molecular flexibility index (Phi) is 4.48. The van der Waals surface area contributed by atoms with Gasteiger partial charge in [0.15, 0.2) is 0 Å². The summed E-state index contributed by atoms with van der Waals surface area (Å²) in [7, 11) is 1.43. The van der Waals surface area contributed by atoms with Crippen molar-refractivity contribution in [1.82, 2.24) is 4.90 Å². The van der Waals surface area contributed by atoms with Crippen LogP contribution in [0.2, 0.25) is 0 Å². The van der Waals surface area contributed by atoms with Crippen LogP contribution < -0.4 is 0 Å². The molecule has 0 radical (unpaired) electrons. The molecule has 2 nitrogen and oxygen atoms in total. The summed E-state index contributed by atoms with van der Waals surface area (Å²) >= 11 is 0. The van der Waals surface area contributed by atoms with Gasteiger partial charge in [0.05, 0.1) is 6.10 Å². The molecule has 0 spiro atoms. The van der Waals surface area contributed by atoms with Crippen LogP contribution >= 0.6 is 12.4 Å². The summed E-state index contributed by atoms with van der Waals surface area (Å²) in [4.78, 5) is 1.24. The van der Waals surface area contributed by atoms with Crippen LogP contribution in [0.5, 0.6) is 0 Å². The van der Waals surface area contributed by atoms with Crippen LogP contribution in [0.15, 0.2) is 0 Å². The highest BCUT2D eigenvalue weighted by atomic mass is 35.5. The van der Waals surface area contributed by atoms with Crippen molar-refractivity contribution in [2.45, 2.75) is 31.2 Å². The zero-order chi connectivity index (χ0) is 9.35. The first-order valence-corrected chi connectivity index (χ1v) is 3.86. The molecule has 0 bridgehead atoms. The van der Waals surface area contributed by atoms with Crippen LogP contribution in [0.25, 0.3) is 0 Å². The molecule has 0 aromatic carbocycles. The van der Waals surface area contributed by atoms with E-state index in [1.165, 1.54) is 11.9 Å². The lowest BCUT2D eigenvalue weighted by atomic mass is 10.00. The molecule has 2 atom stereocenters. The number of alkyl halides is 3. The average molecular weight is 220 g/mol. The number of hydrogen-bond acceptors (Lipinski definition) is 2. The van der Waals surface area contributed by atoms with E-state index >= 15 is 0 Å². The maximum atomic E-state index is 12.2. The SMILES string of the molecule is CN1CC[C@@H](O)C[C@H]1C(F)(F)F.Cl. The second kappa shape index (κ2) is 4.48. The van der Waals surface area contributed by atoms with Gasteiger partial charge < -0.3 is 5.11 Å². The van der Waals surface area contributed by atoms with Crippen molar-refractivity contribution in [2.24, 2.45) is 0 Å². The predicted octanol–water partition coefficient (Wildman–Crippen LogP) is 1.43. The van der Waals surface area contributed by atoms with Gasteiger partial charge in [-0.3, -0.25) is 4.90 Å². The standard InChI is InChI=1S/C7H12F3NO.ClH/c1-11-3-2-5(12)4-6(11)7(8,9)10;/h5-6,12H,2-4H2,1H3;1H/t5-,6+;/m1./s1. The maximum absolute atomic E-state index is 12.2. The van der Waals surface area contributed by atoms with E-state index in [0.29, 0.717) is 13.0 Å². The van der Waals surface area contributed by atoms with Gasteiger partial charge in [0.2, 0.25) is 0 Å². The van der Waals surface area contributed by atoms with Crippen molar-refractivity contribution < 1.29 is 18.3 Å². The van der Waals surface area contributed by atoms with Crippen molar-refractivity contribution in [3.63, 3.8) is 0 Å². The van der Waals surface area contributed by atoms with E-state index in [2.05, 4.69) is 0 Å². The highest BCUT2D eigenvalue weighted by Crippen LogP contribution is 2.30. The van der Waals surface area contributed by atoms with Crippen LogP contribution in [-0.4, -0.2) is 41.9 Å². The number of hydrogen-bond donors (Lipinski definition) is 1. The zero-order valence-electron chi connectivity index (χ0n) is 7.21. The van der Waals surface area contributed by atoms with E-state index in [1.807, 2.05) is 0 Å². The van der Waals surface area contributed by atoms with Gasteiger partial charge in [-0.05, 0) is 19.9 Å². The Hall–Kier alpha value is -0.0000000000000000555. The summed E-state index contributed by atoms with van der Waals surface area (Å²) in [6, 6.07) is -1.47. The van der Waals surface area contributed by atoms with Crippen LogP contribution in [0.4, 0.5) is 13.2 Å². The maximum Gasteiger partial charge on any atom is 0.404 e. The number of piperidine rings is 1. The van der Waals surface area contributed by atoms with Gasteiger partial charge in [0, 0.05) is 6.54 Å². The molecule has 13 heavy (non-hydrogen) atoms. The Morgan fingerprint density at radius 1 is 1.38 bits per heavy atom. The molecule has 1 N–H and O–H groups in total. The Bertz CT molecular complexity index is 164. The van der Waals surface area contributed by atoms with E-state index in [1.54, 1.807) is 0 Å². The van der Waals surface area contributed by atoms with Gasteiger partial charge in [-0.1, -0.05) is 0 Å². The molecule has 0 aromatic rings. The molecule has 0 aliphatic carbocycles. The van der Waals surface area contributed by atoms with Crippen molar-refractivity contribution in [1.29, 1.82) is 0 Å². The first kappa shape index (κ1) is 13.0.